The second-order valence-electron chi connectivity index (χ2n) is 24.9. The van der Waals surface area contributed by atoms with E-state index in [9.17, 15) is 19.8 Å². The summed E-state index contributed by atoms with van der Waals surface area (Å²) < 4.78 is 5.50. The predicted molar refractivity (Wildman–Crippen MR) is 356 cm³/mol. The van der Waals surface area contributed by atoms with Crippen molar-refractivity contribution in [1.29, 1.82) is 0 Å². The maximum absolute atomic E-state index is 12.4. The lowest BCUT2D eigenvalue weighted by Gasteiger charge is -2.22. The highest BCUT2D eigenvalue weighted by atomic mass is 16.5. The second-order valence-corrected chi connectivity index (χ2v) is 24.9. The molecule has 476 valence electrons. The summed E-state index contributed by atoms with van der Waals surface area (Å²) in [5, 5.41) is 23.1. The van der Waals surface area contributed by atoms with E-state index in [0.29, 0.717) is 25.9 Å². The van der Waals surface area contributed by atoms with E-state index in [4.69, 9.17) is 4.74 Å². The van der Waals surface area contributed by atoms with Crippen molar-refractivity contribution in [1.82, 2.24) is 5.32 Å². The molecule has 0 spiro atoms. The van der Waals surface area contributed by atoms with E-state index in [-0.39, 0.29) is 18.5 Å². The first-order chi connectivity index (χ1) is 40.0. The van der Waals surface area contributed by atoms with Gasteiger partial charge in [-0.25, -0.2) is 0 Å². The van der Waals surface area contributed by atoms with Crippen LogP contribution in [-0.4, -0.2) is 47.4 Å². The minimum atomic E-state index is -0.660. The third-order valence-electron chi connectivity index (χ3n) is 16.9. The van der Waals surface area contributed by atoms with Crippen molar-refractivity contribution >= 4 is 11.9 Å². The van der Waals surface area contributed by atoms with Crippen molar-refractivity contribution in [3.8, 4) is 0 Å². The first-order valence-electron chi connectivity index (χ1n) is 36.4. The Morgan fingerprint density at radius 1 is 0.346 bits per heavy atom. The quantitative estimate of drug-likeness (QED) is 0.0320. The number of hydrogen-bond acceptors (Lipinski definition) is 5. The summed E-state index contributed by atoms with van der Waals surface area (Å²) in [7, 11) is 0. The van der Waals surface area contributed by atoms with Crippen LogP contribution in [0.3, 0.4) is 0 Å². The van der Waals surface area contributed by atoms with Crippen LogP contribution in [0.2, 0.25) is 0 Å². The normalized spacial score (nSPS) is 12.8. The highest BCUT2D eigenvalue weighted by Gasteiger charge is 2.20. The van der Waals surface area contributed by atoms with Crippen LogP contribution in [0.5, 0.6) is 0 Å². The molecule has 0 rings (SSSR count). The topological polar surface area (TPSA) is 95.9 Å². The highest BCUT2D eigenvalue weighted by Crippen LogP contribution is 2.18. The van der Waals surface area contributed by atoms with Crippen LogP contribution in [0.1, 0.15) is 393 Å². The van der Waals surface area contributed by atoms with Gasteiger partial charge in [-0.2, -0.15) is 0 Å². The van der Waals surface area contributed by atoms with Gasteiger partial charge in [0.1, 0.15) is 0 Å². The van der Waals surface area contributed by atoms with E-state index >= 15 is 0 Å². The van der Waals surface area contributed by atoms with Gasteiger partial charge in [0.15, 0.2) is 0 Å². The molecule has 6 nitrogen and oxygen atoms in total. The zero-order chi connectivity index (χ0) is 58.5. The molecule has 0 heterocycles. The largest absolute Gasteiger partial charge is 0.466 e. The third-order valence-corrected chi connectivity index (χ3v) is 16.9. The fourth-order valence-electron chi connectivity index (χ4n) is 11.3. The van der Waals surface area contributed by atoms with Crippen molar-refractivity contribution < 1.29 is 24.5 Å². The fourth-order valence-corrected chi connectivity index (χ4v) is 11.3. The molecule has 0 aromatic rings. The van der Waals surface area contributed by atoms with E-state index in [2.05, 4.69) is 67.8 Å². The Kier molecular flexibility index (Phi) is 68.4. The van der Waals surface area contributed by atoms with Crippen molar-refractivity contribution in [2.75, 3.05) is 13.2 Å². The number of carbonyl (C=O) groups is 2. The number of unbranched alkanes of at least 4 members (excludes halogenated alkanes) is 49. The van der Waals surface area contributed by atoms with Gasteiger partial charge in [0.05, 0.1) is 25.4 Å². The Balaban J connectivity index is 3.33. The summed E-state index contributed by atoms with van der Waals surface area (Å²) in [6, 6.07) is -0.537. The third kappa shape index (κ3) is 66.8. The van der Waals surface area contributed by atoms with Crippen LogP contribution in [0.25, 0.3) is 0 Å². The van der Waals surface area contributed by atoms with Gasteiger partial charge in [0.2, 0.25) is 5.91 Å². The Bertz CT molecular complexity index is 1360. The summed E-state index contributed by atoms with van der Waals surface area (Å²) in [6.45, 7) is 4.93. The number of esters is 1. The van der Waals surface area contributed by atoms with Gasteiger partial charge in [-0.1, -0.05) is 339 Å². The SMILES string of the molecule is CCCCCC/C=C\C/C=C\CCCCCCCCCC(=O)OCCCCCCCCCCCCCCC/C=C\C/C=C\CCCCCCCCCCCCCCCCCCCC(=O)NC(CO)C(O)CCCCCCCCCCC. The van der Waals surface area contributed by atoms with Crippen LogP contribution in [0.4, 0.5) is 0 Å². The molecule has 6 heteroatoms. The molecule has 81 heavy (non-hydrogen) atoms. The maximum atomic E-state index is 12.4. The van der Waals surface area contributed by atoms with Gasteiger partial charge >= 0.3 is 5.97 Å². The standard InChI is InChI=1S/C75H141NO5/c1-3-5-7-9-11-13-14-15-16-17-40-43-46-49-53-57-61-65-69-75(80)81-70-66-62-58-54-50-47-44-41-38-36-34-32-30-28-26-24-22-20-18-19-21-23-25-27-29-31-33-35-37-39-42-45-48-52-56-60-64-68-74(79)76-72(71-77)73(78)67-63-59-55-51-12-10-8-6-4-2/h13-14,16-18,20,24,26,72-73,77-78H,3-12,15,19,21-23,25,27-71H2,1-2H3,(H,76,79)/b14-13-,17-16-,20-18-,26-24-. The lowest BCUT2D eigenvalue weighted by molar-refractivity contribution is -0.143. The van der Waals surface area contributed by atoms with Crippen molar-refractivity contribution in [3.05, 3.63) is 48.6 Å². The molecule has 0 fully saturated rings. The van der Waals surface area contributed by atoms with E-state index in [0.717, 1.165) is 57.8 Å². The van der Waals surface area contributed by atoms with Crippen LogP contribution in [-0.2, 0) is 14.3 Å². The number of ether oxygens (including phenoxy) is 1. The lowest BCUT2D eigenvalue weighted by atomic mass is 10.0. The van der Waals surface area contributed by atoms with Gasteiger partial charge in [-0.3, -0.25) is 9.59 Å². The number of carbonyl (C=O) groups excluding carboxylic acids is 2. The van der Waals surface area contributed by atoms with Crippen molar-refractivity contribution in [2.45, 2.75) is 405 Å². The Hall–Kier alpha value is -2.18. The van der Waals surface area contributed by atoms with Gasteiger partial charge in [0, 0.05) is 12.8 Å². The van der Waals surface area contributed by atoms with Gasteiger partial charge in [-0.15, -0.1) is 0 Å². The summed E-state index contributed by atoms with van der Waals surface area (Å²) >= 11 is 0. The smallest absolute Gasteiger partial charge is 0.305 e. The molecule has 2 unspecified atom stereocenters. The van der Waals surface area contributed by atoms with Crippen LogP contribution in [0, 0.1) is 0 Å². The molecule has 0 saturated heterocycles. The van der Waals surface area contributed by atoms with E-state index in [1.807, 2.05) is 0 Å². The van der Waals surface area contributed by atoms with Gasteiger partial charge in [-0.05, 0) is 89.9 Å². The number of allylic oxidation sites excluding steroid dienone is 8. The summed E-state index contributed by atoms with van der Waals surface area (Å²) in [4.78, 5) is 24.5. The summed E-state index contributed by atoms with van der Waals surface area (Å²) in [5.74, 6) is -0.0220. The molecule has 0 aliphatic carbocycles. The highest BCUT2D eigenvalue weighted by molar-refractivity contribution is 5.76. The van der Waals surface area contributed by atoms with E-state index in [1.165, 1.54) is 302 Å². The molecule has 0 saturated carbocycles. The number of nitrogens with one attached hydrogen (secondary N) is 1. The zero-order valence-electron chi connectivity index (χ0n) is 54.5. The van der Waals surface area contributed by atoms with Crippen LogP contribution in [0.15, 0.2) is 48.6 Å². The maximum Gasteiger partial charge on any atom is 0.305 e. The molecule has 1 amide bonds. The zero-order valence-corrected chi connectivity index (χ0v) is 54.5. The van der Waals surface area contributed by atoms with Gasteiger partial charge < -0.3 is 20.3 Å². The fraction of sp³-hybridized carbons (Fsp3) is 0.867. The first-order valence-corrected chi connectivity index (χ1v) is 36.4. The number of aliphatic hydroxyl groups excluding tert-OH is 2. The molecule has 2 atom stereocenters. The molecule has 0 aliphatic heterocycles. The molecule has 0 aromatic heterocycles. The molecule has 0 radical (unpaired) electrons. The van der Waals surface area contributed by atoms with Crippen LogP contribution < -0.4 is 5.32 Å². The number of rotatable bonds is 68. The molecular formula is C75H141NO5. The van der Waals surface area contributed by atoms with Crippen molar-refractivity contribution in [2.24, 2.45) is 0 Å². The molecule has 0 aromatic carbocycles. The van der Waals surface area contributed by atoms with Crippen molar-refractivity contribution in [3.63, 3.8) is 0 Å². The summed E-state index contributed by atoms with van der Waals surface area (Å²) in [5.41, 5.74) is 0. The number of hydrogen-bond donors (Lipinski definition) is 3. The molecular weight excluding hydrogens is 995 g/mol. The average Bonchev–Trinajstić information content (AvgIpc) is 3.47. The van der Waals surface area contributed by atoms with E-state index in [1.54, 1.807) is 0 Å². The lowest BCUT2D eigenvalue weighted by Crippen LogP contribution is -2.45. The Morgan fingerprint density at radius 3 is 0.951 bits per heavy atom. The molecule has 0 aliphatic rings. The summed E-state index contributed by atoms with van der Waals surface area (Å²) in [6.07, 6.45) is 91.9. The number of aliphatic hydroxyl groups is 2. The van der Waals surface area contributed by atoms with Crippen LogP contribution >= 0.6 is 0 Å². The first kappa shape index (κ1) is 78.8. The molecule has 0 bridgehead atoms. The minimum Gasteiger partial charge on any atom is -0.466 e. The Labute approximate surface area is 506 Å². The number of amides is 1. The monoisotopic (exact) mass is 1140 g/mol. The Morgan fingerprint density at radius 2 is 0.617 bits per heavy atom. The predicted octanol–water partition coefficient (Wildman–Crippen LogP) is 23.6. The van der Waals surface area contributed by atoms with Gasteiger partial charge in [0.25, 0.3) is 0 Å². The second kappa shape index (κ2) is 70.3. The van der Waals surface area contributed by atoms with E-state index < -0.39 is 12.1 Å². The molecule has 3 N–H and O–H groups in total. The average molecular weight is 1140 g/mol. The minimum absolute atomic E-state index is 0.0115.